The van der Waals surface area contributed by atoms with Crippen molar-refractivity contribution in [1.82, 2.24) is 14.9 Å². The second-order valence-corrected chi connectivity index (χ2v) is 5.94. The number of ether oxygens (including phenoxy) is 1. The summed E-state index contributed by atoms with van der Waals surface area (Å²) in [4.78, 5) is 27.6. The molecule has 0 bridgehead atoms. The van der Waals surface area contributed by atoms with Crippen LogP contribution in [0.5, 0.6) is 5.75 Å². The summed E-state index contributed by atoms with van der Waals surface area (Å²) in [5, 5.41) is 2.73. The molecule has 128 valence electrons. The molecule has 1 aromatic heterocycles. The molecule has 0 aliphatic heterocycles. The fraction of sp³-hybridized carbons (Fsp3) is 0.389. The molecule has 6 heteroatoms. The van der Waals surface area contributed by atoms with Crippen LogP contribution in [0.1, 0.15) is 30.9 Å². The summed E-state index contributed by atoms with van der Waals surface area (Å²) in [6, 6.07) is 7.71. The van der Waals surface area contributed by atoms with E-state index in [1.165, 1.54) is 22.7 Å². The van der Waals surface area contributed by atoms with E-state index in [4.69, 9.17) is 4.74 Å². The molecular formula is C18H23N3O3. The molecule has 0 aliphatic carbocycles. The second kappa shape index (κ2) is 8.29. The fourth-order valence-corrected chi connectivity index (χ4v) is 2.18. The minimum atomic E-state index is -0.225. The van der Waals surface area contributed by atoms with Gasteiger partial charge in [-0.2, -0.15) is 0 Å². The monoisotopic (exact) mass is 329 g/mol. The van der Waals surface area contributed by atoms with Gasteiger partial charge in [0.25, 0.3) is 11.5 Å². The number of amides is 1. The molecule has 0 saturated carbocycles. The smallest absolute Gasteiger partial charge is 0.258 e. The first-order chi connectivity index (χ1) is 11.5. The van der Waals surface area contributed by atoms with Crippen molar-refractivity contribution in [1.29, 1.82) is 0 Å². The number of hydrogen-bond donors (Lipinski definition) is 1. The Balaban J connectivity index is 1.75. The summed E-state index contributed by atoms with van der Waals surface area (Å²) in [6.45, 7) is 6.63. The number of carbonyl (C=O) groups is 1. The van der Waals surface area contributed by atoms with Crippen molar-refractivity contribution >= 4 is 5.91 Å². The highest BCUT2D eigenvalue weighted by Crippen LogP contribution is 2.18. The number of rotatable bonds is 7. The SMILES string of the molecule is Cc1cncn(CCNC(=O)COc2ccc(C(C)C)cc2)c1=O. The second-order valence-electron chi connectivity index (χ2n) is 5.94. The largest absolute Gasteiger partial charge is 0.484 e. The molecule has 6 nitrogen and oxygen atoms in total. The number of nitrogens with one attached hydrogen (secondary N) is 1. The van der Waals surface area contributed by atoms with Gasteiger partial charge in [0.1, 0.15) is 5.75 Å². The summed E-state index contributed by atoms with van der Waals surface area (Å²) in [7, 11) is 0. The lowest BCUT2D eigenvalue weighted by Crippen LogP contribution is -2.34. The number of carbonyl (C=O) groups excluding carboxylic acids is 1. The molecular weight excluding hydrogens is 306 g/mol. The Morgan fingerprint density at radius 1 is 1.29 bits per heavy atom. The molecule has 0 radical (unpaired) electrons. The quantitative estimate of drug-likeness (QED) is 0.841. The number of hydrogen-bond acceptors (Lipinski definition) is 4. The van der Waals surface area contributed by atoms with Gasteiger partial charge in [-0.15, -0.1) is 0 Å². The topological polar surface area (TPSA) is 73.2 Å². The first-order valence-corrected chi connectivity index (χ1v) is 7.98. The lowest BCUT2D eigenvalue weighted by Gasteiger charge is -2.10. The zero-order chi connectivity index (χ0) is 17.5. The lowest BCUT2D eigenvalue weighted by atomic mass is 10.0. The Morgan fingerprint density at radius 3 is 2.67 bits per heavy atom. The highest BCUT2D eigenvalue weighted by molar-refractivity contribution is 5.77. The van der Waals surface area contributed by atoms with Crippen molar-refractivity contribution in [3.63, 3.8) is 0 Å². The minimum Gasteiger partial charge on any atom is -0.484 e. The van der Waals surface area contributed by atoms with E-state index in [0.29, 0.717) is 30.3 Å². The maximum atomic E-state index is 11.8. The summed E-state index contributed by atoms with van der Waals surface area (Å²) in [5.41, 5.74) is 1.71. The third-order valence-electron chi connectivity index (χ3n) is 3.66. The van der Waals surface area contributed by atoms with Crippen LogP contribution in [-0.4, -0.2) is 28.6 Å². The van der Waals surface area contributed by atoms with Crippen LogP contribution in [-0.2, 0) is 11.3 Å². The standard InChI is InChI=1S/C18H23N3O3/c1-13(2)15-4-6-16(7-5-15)24-11-17(22)20-8-9-21-12-19-10-14(3)18(21)23/h4-7,10,12-13H,8-9,11H2,1-3H3,(H,20,22). The Hall–Kier alpha value is -2.63. The van der Waals surface area contributed by atoms with Crippen molar-refractivity contribution in [3.05, 3.63) is 58.3 Å². The first kappa shape index (κ1) is 17.7. The molecule has 1 heterocycles. The van der Waals surface area contributed by atoms with E-state index < -0.39 is 0 Å². The van der Waals surface area contributed by atoms with Crippen LogP contribution in [0.2, 0.25) is 0 Å². The van der Waals surface area contributed by atoms with Crippen molar-refractivity contribution < 1.29 is 9.53 Å². The van der Waals surface area contributed by atoms with E-state index in [0.717, 1.165) is 0 Å². The van der Waals surface area contributed by atoms with Crippen LogP contribution in [0.3, 0.4) is 0 Å². The van der Waals surface area contributed by atoms with Crippen molar-refractivity contribution in [2.45, 2.75) is 33.2 Å². The van der Waals surface area contributed by atoms with E-state index >= 15 is 0 Å². The highest BCUT2D eigenvalue weighted by atomic mass is 16.5. The predicted molar refractivity (Wildman–Crippen MR) is 92.3 cm³/mol. The van der Waals surface area contributed by atoms with Crippen LogP contribution in [0.25, 0.3) is 0 Å². The number of nitrogens with zero attached hydrogens (tertiary/aromatic N) is 2. The Labute approximate surface area is 141 Å². The van der Waals surface area contributed by atoms with E-state index in [-0.39, 0.29) is 18.1 Å². The van der Waals surface area contributed by atoms with E-state index in [9.17, 15) is 9.59 Å². The number of aromatic nitrogens is 2. The third kappa shape index (κ3) is 4.94. The molecule has 0 unspecified atom stereocenters. The van der Waals surface area contributed by atoms with Crippen LogP contribution in [0.15, 0.2) is 41.6 Å². The van der Waals surface area contributed by atoms with Crippen LogP contribution >= 0.6 is 0 Å². The van der Waals surface area contributed by atoms with Crippen LogP contribution in [0.4, 0.5) is 0 Å². The predicted octanol–water partition coefficient (Wildman–Crippen LogP) is 1.87. The van der Waals surface area contributed by atoms with Gasteiger partial charge >= 0.3 is 0 Å². The maximum absolute atomic E-state index is 11.8. The van der Waals surface area contributed by atoms with E-state index in [1.54, 1.807) is 6.92 Å². The normalized spacial score (nSPS) is 10.7. The van der Waals surface area contributed by atoms with Crippen LogP contribution in [0, 0.1) is 6.92 Å². The van der Waals surface area contributed by atoms with Crippen LogP contribution < -0.4 is 15.6 Å². The number of aryl methyl sites for hydroxylation is 1. The average Bonchev–Trinajstić information content (AvgIpc) is 2.57. The average molecular weight is 329 g/mol. The molecule has 0 atom stereocenters. The molecule has 0 fully saturated rings. The first-order valence-electron chi connectivity index (χ1n) is 7.98. The minimum absolute atomic E-state index is 0.0536. The highest BCUT2D eigenvalue weighted by Gasteiger charge is 2.05. The van der Waals surface area contributed by atoms with Gasteiger partial charge in [-0.3, -0.25) is 14.2 Å². The molecule has 24 heavy (non-hydrogen) atoms. The number of benzene rings is 1. The Morgan fingerprint density at radius 2 is 2.00 bits per heavy atom. The molecule has 1 amide bonds. The van der Waals surface area contributed by atoms with Crippen molar-refractivity contribution in [2.75, 3.05) is 13.2 Å². The van der Waals surface area contributed by atoms with Gasteiger partial charge in [0.05, 0.1) is 6.33 Å². The summed E-state index contributed by atoms with van der Waals surface area (Å²) in [5.74, 6) is 0.895. The summed E-state index contributed by atoms with van der Waals surface area (Å²) in [6.07, 6.45) is 2.99. The zero-order valence-corrected chi connectivity index (χ0v) is 14.3. The van der Waals surface area contributed by atoms with Gasteiger partial charge in [0.15, 0.2) is 6.61 Å². The lowest BCUT2D eigenvalue weighted by molar-refractivity contribution is -0.123. The van der Waals surface area contributed by atoms with Gasteiger partial charge in [0, 0.05) is 24.8 Å². The van der Waals surface area contributed by atoms with Crippen molar-refractivity contribution in [2.24, 2.45) is 0 Å². The Bertz CT molecular complexity index is 736. The van der Waals surface area contributed by atoms with Gasteiger partial charge in [-0.05, 0) is 30.5 Å². The van der Waals surface area contributed by atoms with Gasteiger partial charge in [-0.1, -0.05) is 26.0 Å². The van der Waals surface area contributed by atoms with Crippen molar-refractivity contribution in [3.8, 4) is 5.75 Å². The molecule has 1 N–H and O–H groups in total. The van der Waals surface area contributed by atoms with Gasteiger partial charge in [-0.25, -0.2) is 4.98 Å². The molecule has 0 aliphatic rings. The van der Waals surface area contributed by atoms with Gasteiger partial charge in [0.2, 0.25) is 0 Å². The Kier molecular flexibility index (Phi) is 6.12. The molecule has 0 spiro atoms. The van der Waals surface area contributed by atoms with E-state index in [2.05, 4.69) is 24.1 Å². The maximum Gasteiger partial charge on any atom is 0.258 e. The van der Waals surface area contributed by atoms with E-state index in [1.807, 2.05) is 24.3 Å². The summed E-state index contributed by atoms with van der Waals surface area (Å²) >= 11 is 0. The van der Waals surface area contributed by atoms with Gasteiger partial charge < -0.3 is 10.1 Å². The molecule has 0 saturated heterocycles. The molecule has 2 rings (SSSR count). The summed E-state index contributed by atoms with van der Waals surface area (Å²) < 4.78 is 6.93. The third-order valence-corrected chi connectivity index (χ3v) is 3.66. The zero-order valence-electron chi connectivity index (χ0n) is 14.3. The molecule has 2 aromatic rings. The molecule has 1 aromatic carbocycles. The fourth-order valence-electron chi connectivity index (χ4n) is 2.18.